The molecule has 0 aliphatic carbocycles. The van der Waals surface area contributed by atoms with Crippen molar-refractivity contribution in [1.82, 2.24) is 25.6 Å². The van der Waals surface area contributed by atoms with Gasteiger partial charge in [0.05, 0.1) is 19.3 Å². The summed E-state index contributed by atoms with van der Waals surface area (Å²) in [5.41, 5.74) is 1.99. The van der Waals surface area contributed by atoms with Crippen molar-refractivity contribution in [3.05, 3.63) is 41.7 Å². The largest absolute Gasteiger partial charge is 0.392 e. The van der Waals surface area contributed by atoms with E-state index in [4.69, 9.17) is 5.11 Å². The average molecular weight is 334 g/mol. The molecule has 0 unspecified atom stereocenters. The smallest absolute Gasteiger partial charge is 0.246 e. The van der Waals surface area contributed by atoms with E-state index in [-0.39, 0.29) is 25.6 Å². The van der Waals surface area contributed by atoms with Gasteiger partial charge in [0.15, 0.2) is 0 Å². The lowest BCUT2D eigenvalue weighted by molar-refractivity contribution is -0.117. The Labute approximate surface area is 140 Å². The second-order valence-corrected chi connectivity index (χ2v) is 4.81. The van der Waals surface area contributed by atoms with Gasteiger partial charge in [0.2, 0.25) is 12.3 Å². The second kappa shape index (κ2) is 10.9. The number of hydrogen-bond donors (Lipinski definition) is 4. The van der Waals surface area contributed by atoms with Crippen LogP contribution in [0.15, 0.2) is 30.5 Å². The Morgan fingerprint density at radius 1 is 1.29 bits per heavy atom. The molecule has 2 aromatic rings. The van der Waals surface area contributed by atoms with Gasteiger partial charge in [0, 0.05) is 5.69 Å². The highest BCUT2D eigenvalue weighted by Gasteiger charge is 2.06. The summed E-state index contributed by atoms with van der Waals surface area (Å²) in [7, 11) is 3.75. The fourth-order valence-corrected chi connectivity index (χ4v) is 1.68. The molecule has 4 N–H and O–H groups in total. The van der Waals surface area contributed by atoms with Crippen molar-refractivity contribution >= 4 is 18.0 Å². The number of benzene rings is 1. The van der Waals surface area contributed by atoms with Gasteiger partial charge in [0.25, 0.3) is 0 Å². The molecule has 24 heavy (non-hydrogen) atoms. The third kappa shape index (κ3) is 6.99. The number of amides is 2. The molecule has 130 valence electrons. The SMILES string of the molecule is CNC.O=CNCc1cn(CC(=O)Nc2ccc(CO)cc2)nn1. The highest BCUT2D eigenvalue weighted by Crippen LogP contribution is 2.09. The number of carbonyl (C=O) groups excluding carboxylic acids is 2. The molecule has 1 aromatic heterocycles. The van der Waals surface area contributed by atoms with Crippen LogP contribution in [0.4, 0.5) is 5.69 Å². The van der Waals surface area contributed by atoms with Gasteiger partial charge in [-0.05, 0) is 31.8 Å². The highest BCUT2D eigenvalue weighted by atomic mass is 16.3. The number of nitrogens with zero attached hydrogens (tertiary/aromatic N) is 3. The minimum absolute atomic E-state index is 0.0237. The molecule has 0 aliphatic rings. The monoisotopic (exact) mass is 334 g/mol. The molecule has 1 heterocycles. The van der Waals surface area contributed by atoms with E-state index in [9.17, 15) is 9.59 Å². The van der Waals surface area contributed by atoms with Gasteiger partial charge in [-0.15, -0.1) is 5.10 Å². The van der Waals surface area contributed by atoms with Gasteiger partial charge in [0.1, 0.15) is 12.2 Å². The topological polar surface area (TPSA) is 121 Å². The fourth-order valence-electron chi connectivity index (χ4n) is 1.68. The van der Waals surface area contributed by atoms with Crippen molar-refractivity contribution in [1.29, 1.82) is 0 Å². The Kier molecular flexibility index (Phi) is 8.72. The van der Waals surface area contributed by atoms with Crippen LogP contribution < -0.4 is 16.0 Å². The van der Waals surface area contributed by atoms with E-state index < -0.39 is 0 Å². The molecule has 9 heteroatoms. The van der Waals surface area contributed by atoms with Crippen molar-refractivity contribution in [2.75, 3.05) is 19.4 Å². The third-order valence-electron chi connectivity index (χ3n) is 2.68. The lowest BCUT2D eigenvalue weighted by atomic mass is 10.2. The summed E-state index contributed by atoms with van der Waals surface area (Å²) in [5, 5.41) is 24.5. The number of aromatic nitrogens is 3. The van der Waals surface area contributed by atoms with Gasteiger partial charge < -0.3 is 21.1 Å². The Morgan fingerprint density at radius 2 is 1.96 bits per heavy atom. The zero-order valence-corrected chi connectivity index (χ0v) is 13.7. The van der Waals surface area contributed by atoms with Crippen LogP contribution in [-0.4, -0.2) is 46.5 Å². The van der Waals surface area contributed by atoms with Gasteiger partial charge >= 0.3 is 0 Å². The first kappa shape index (κ1) is 19.3. The van der Waals surface area contributed by atoms with Gasteiger partial charge in [-0.25, -0.2) is 4.68 Å². The van der Waals surface area contributed by atoms with E-state index >= 15 is 0 Å². The molecule has 0 radical (unpaired) electrons. The van der Waals surface area contributed by atoms with Crippen molar-refractivity contribution in [3.63, 3.8) is 0 Å². The second-order valence-electron chi connectivity index (χ2n) is 4.81. The summed E-state index contributed by atoms with van der Waals surface area (Å²) in [6.45, 7) is 0.258. The predicted octanol–water partition coefficient (Wildman–Crippen LogP) is -0.509. The van der Waals surface area contributed by atoms with Crippen LogP contribution in [0, 0.1) is 0 Å². The summed E-state index contributed by atoms with van der Waals surface area (Å²) in [6.07, 6.45) is 2.16. The molecule has 2 amide bonds. The van der Waals surface area contributed by atoms with E-state index in [0.717, 1.165) is 5.56 Å². The van der Waals surface area contributed by atoms with Gasteiger partial charge in [-0.2, -0.15) is 0 Å². The van der Waals surface area contributed by atoms with Crippen LogP contribution >= 0.6 is 0 Å². The summed E-state index contributed by atoms with van der Waals surface area (Å²) in [6, 6.07) is 6.89. The van der Waals surface area contributed by atoms with E-state index in [0.29, 0.717) is 17.8 Å². The molecule has 0 spiro atoms. The molecule has 0 saturated carbocycles. The summed E-state index contributed by atoms with van der Waals surface area (Å²) < 4.78 is 1.39. The molecule has 9 nitrogen and oxygen atoms in total. The maximum absolute atomic E-state index is 11.8. The van der Waals surface area contributed by atoms with Crippen LogP contribution in [0.1, 0.15) is 11.3 Å². The number of anilines is 1. The first-order valence-corrected chi connectivity index (χ1v) is 7.27. The first-order chi connectivity index (χ1) is 11.6. The lowest BCUT2D eigenvalue weighted by Gasteiger charge is -2.05. The van der Waals surface area contributed by atoms with Crippen molar-refractivity contribution in [2.45, 2.75) is 19.7 Å². The first-order valence-electron chi connectivity index (χ1n) is 7.27. The number of aliphatic hydroxyl groups is 1. The molecule has 0 aliphatic heterocycles. The average Bonchev–Trinajstić information content (AvgIpc) is 3.01. The summed E-state index contributed by atoms with van der Waals surface area (Å²) in [5.74, 6) is -0.244. The summed E-state index contributed by atoms with van der Waals surface area (Å²) >= 11 is 0. The van der Waals surface area contributed by atoms with Crippen molar-refractivity contribution in [2.24, 2.45) is 0 Å². The van der Waals surface area contributed by atoms with Crippen molar-refractivity contribution < 1.29 is 14.7 Å². The fraction of sp³-hybridized carbons (Fsp3) is 0.333. The lowest BCUT2D eigenvalue weighted by Crippen LogP contribution is -2.19. The minimum atomic E-state index is -0.244. The van der Waals surface area contributed by atoms with Crippen LogP contribution in [0.25, 0.3) is 0 Å². The molecular weight excluding hydrogens is 312 g/mol. The van der Waals surface area contributed by atoms with Crippen molar-refractivity contribution in [3.8, 4) is 0 Å². The van der Waals surface area contributed by atoms with E-state index in [1.807, 2.05) is 14.1 Å². The molecule has 0 fully saturated rings. The summed E-state index contributed by atoms with van der Waals surface area (Å²) in [4.78, 5) is 22.0. The Balaban J connectivity index is 0.000000891. The van der Waals surface area contributed by atoms with E-state index in [2.05, 4.69) is 26.3 Å². The number of aliphatic hydroxyl groups excluding tert-OH is 1. The number of carbonyl (C=O) groups is 2. The van der Waals surface area contributed by atoms with Crippen LogP contribution in [-0.2, 0) is 29.3 Å². The molecule has 2 rings (SSSR count). The normalized spacial score (nSPS) is 9.62. The number of rotatable bonds is 7. The standard InChI is InChI=1S/C13H15N5O3.C2H7N/c19-8-10-1-3-11(4-2-10)15-13(21)7-18-6-12(16-17-18)5-14-9-20;1-3-2/h1-4,6,9,19H,5,7-8H2,(H,14,20)(H,15,21);3H,1-2H3. The molecule has 1 aromatic carbocycles. The van der Waals surface area contributed by atoms with Crippen LogP contribution in [0.5, 0.6) is 0 Å². The minimum Gasteiger partial charge on any atom is -0.392 e. The Bertz CT molecular complexity index is 626. The van der Waals surface area contributed by atoms with Gasteiger partial charge in [-0.1, -0.05) is 17.3 Å². The van der Waals surface area contributed by atoms with E-state index in [1.54, 1.807) is 30.5 Å². The van der Waals surface area contributed by atoms with Crippen LogP contribution in [0.2, 0.25) is 0 Å². The van der Waals surface area contributed by atoms with Gasteiger partial charge in [-0.3, -0.25) is 9.59 Å². The zero-order chi connectivity index (χ0) is 17.8. The highest BCUT2D eigenvalue weighted by molar-refractivity contribution is 5.90. The molecule has 0 atom stereocenters. The van der Waals surface area contributed by atoms with Crippen LogP contribution in [0.3, 0.4) is 0 Å². The quantitative estimate of drug-likeness (QED) is 0.506. The maximum atomic E-state index is 11.8. The predicted molar refractivity (Wildman–Crippen MR) is 88.9 cm³/mol. The Hall–Kier alpha value is -2.78. The number of nitrogens with one attached hydrogen (secondary N) is 3. The molecular formula is C15H22N6O3. The Morgan fingerprint density at radius 3 is 2.54 bits per heavy atom. The third-order valence-corrected chi connectivity index (χ3v) is 2.68. The number of hydrogen-bond acceptors (Lipinski definition) is 6. The maximum Gasteiger partial charge on any atom is 0.246 e. The molecule has 0 saturated heterocycles. The zero-order valence-electron chi connectivity index (χ0n) is 13.7. The van der Waals surface area contributed by atoms with E-state index in [1.165, 1.54) is 4.68 Å². The molecule has 0 bridgehead atoms.